The van der Waals surface area contributed by atoms with Crippen LogP contribution in [0, 0.1) is 0 Å². The highest BCUT2D eigenvalue weighted by atomic mass is 127. The fourth-order valence-corrected chi connectivity index (χ4v) is 1.57. The van der Waals surface area contributed by atoms with Crippen molar-refractivity contribution in [2.24, 2.45) is 0 Å². The maximum Gasteiger partial charge on any atom is 0.335 e. The van der Waals surface area contributed by atoms with E-state index < -0.39 is 0 Å². The lowest BCUT2D eigenvalue weighted by Gasteiger charge is -1.87. The van der Waals surface area contributed by atoms with Crippen molar-refractivity contribution in [2.75, 3.05) is 0 Å². The van der Waals surface area contributed by atoms with Crippen molar-refractivity contribution in [3.63, 3.8) is 0 Å². The maximum absolute atomic E-state index is 11.0. The average Bonchev–Trinajstić information content (AvgIpc) is 2.30. The van der Waals surface area contributed by atoms with E-state index in [-0.39, 0.29) is 5.69 Å². The molecule has 0 atom stereocenters. The van der Waals surface area contributed by atoms with E-state index in [9.17, 15) is 4.79 Å². The van der Waals surface area contributed by atoms with Gasteiger partial charge in [0.15, 0.2) is 0 Å². The summed E-state index contributed by atoms with van der Waals surface area (Å²) in [7, 11) is 0. The summed E-state index contributed by atoms with van der Waals surface area (Å²) in [5, 5.41) is 0. The van der Waals surface area contributed by atoms with Crippen molar-refractivity contribution in [3.8, 4) is 0 Å². The Bertz CT molecular complexity index is 443. The number of aromatic amines is 1. The van der Waals surface area contributed by atoms with Gasteiger partial charge in [0.1, 0.15) is 0 Å². The topological polar surface area (TPSA) is 37.8 Å². The predicted molar refractivity (Wildman–Crippen MR) is 52.0 cm³/mol. The van der Waals surface area contributed by atoms with Crippen LogP contribution in [0.5, 0.6) is 0 Å². The molecule has 0 unspecified atom stereocenters. The van der Waals surface area contributed by atoms with E-state index in [1.54, 1.807) is 2.78 Å². The number of benzene rings is 1. The summed E-state index contributed by atoms with van der Waals surface area (Å²) < 4.78 is 1.56. The lowest BCUT2D eigenvalue weighted by atomic mass is 10.3. The molecule has 0 fully saturated rings. The van der Waals surface area contributed by atoms with E-state index in [0.717, 1.165) is 11.0 Å². The van der Waals surface area contributed by atoms with Crippen molar-refractivity contribution in [2.45, 2.75) is 0 Å². The van der Waals surface area contributed by atoms with Crippen molar-refractivity contribution >= 4 is 33.9 Å². The Labute approximate surface area is 76.5 Å². The molecule has 3 nitrogen and oxygen atoms in total. The number of nitrogens with one attached hydrogen (secondary N) is 1. The zero-order valence-electron chi connectivity index (χ0n) is 5.54. The second kappa shape index (κ2) is 2.37. The first-order valence-corrected chi connectivity index (χ1v) is 4.11. The number of nitrogens with zero attached hydrogens (tertiary/aromatic N) is 1. The highest BCUT2D eigenvalue weighted by Gasteiger charge is 2.00. The first-order chi connectivity index (χ1) is 5.29. The van der Waals surface area contributed by atoms with Crippen LogP contribution in [0.15, 0.2) is 29.1 Å². The van der Waals surface area contributed by atoms with Gasteiger partial charge in [-0.25, -0.2) is 7.58 Å². The maximum atomic E-state index is 11.0. The molecule has 0 bridgehead atoms. The van der Waals surface area contributed by atoms with Gasteiger partial charge in [-0.2, -0.15) is 0 Å². The molecular weight excluding hydrogens is 255 g/mol. The molecule has 0 aliphatic carbocycles. The molecule has 0 radical (unpaired) electrons. The van der Waals surface area contributed by atoms with Crippen LogP contribution in [0.2, 0.25) is 0 Å². The lowest BCUT2D eigenvalue weighted by Crippen LogP contribution is -2.06. The number of hydrogen-bond donors (Lipinski definition) is 1. The van der Waals surface area contributed by atoms with E-state index in [1.807, 2.05) is 47.1 Å². The summed E-state index contributed by atoms with van der Waals surface area (Å²) >= 11 is 1.97. The molecule has 0 saturated heterocycles. The Morgan fingerprint density at radius 2 is 2.09 bits per heavy atom. The molecule has 11 heavy (non-hydrogen) atoms. The van der Waals surface area contributed by atoms with Gasteiger partial charge in [-0.1, -0.05) is 12.1 Å². The second-order valence-electron chi connectivity index (χ2n) is 2.23. The molecule has 0 aliphatic rings. The number of imidazole rings is 1. The number of fused-ring (bicyclic) bond motifs is 1. The minimum absolute atomic E-state index is 0.0770. The first kappa shape index (κ1) is 6.90. The van der Waals surface area contributed by atoms with E-state index >= 15 is 0 Å². The second-order valence-corrected chi connectivity index (χ2v) is 3.19. The first-order valence-electron chi connectivity index (χ1n) is 3.15. The lowest BCUT2D eigenvalue weighted by molar-refractivity contribution is 1.19. The SMILES string of the molecule is O=c1[nH]c2ccccc2n1I. The minimum atomic E-state index is -0.0770. The largest absolute Gasteiger partial charge is 0.335 e. The van der Waals surface area contributed by atoms with E-state index in [2.05, 4.69) is 4.98 Å². The molecule has 4 heteroatoms. The molecule has 1 aromatic heterocycles. The van der Waals surface area contributed by atoms with E-state index in [0.29, 0.717) is 0 Å². The smallest absolute Gasteiger partial charge is 0.305 e. The van der Waals surface area contributed by atoms with Gasteiger partial charge in [0.05, 0.1) is 33.9 Å². The zero-order chi connectivity index (χ0) is 7.84. The summed E-state index contributed by atoms with van der Waals surface area (Å²) in [5.74, 6) is 0. The molecule has 0 amide bonds. The molecule has 1 aromatic carbocycles. The van der Waals surface area contributed by atoms with Crippen molar-refractivity contribution in [1.82, 2.24) is 7.76 Å². The molecule has 1 N–H and O–H groups in total. The van der Waals surface area contributed by atoms with Gasteiger partial charge >= 0.3 is 5.69 Å². The van der Waals surface area contributed by atoms with Crippen molar-refractivity contribution < 1.29 is 0 Å². The Morgan fingerprint density at radius 3 is 2.82 bits per heavy atom. The van der Waals surface area contributed by atoms with Gasteiger partial charge in [0.25, 0.3) is 0 Å². The molecule has 0 spiro atoms. The van der Waals surface area contributed by atoms with Gasteiger partial charge in [-0.3, -0.25) is 0 Å². The molecule has 1 heterocycles. The zero-order valence-corrected chi connectivity index (χ0v) is 7.70. The fraction of sp³-hybridized carbons (Fsp3) is 0. The molecule has 0 aliphatic heterocycles. The molecule has 2 aromatic rings. The summed E-state index contributed by atoms with van der Waals surface area (Å²) in [4.78, 5) is 13.8. The number of aromatic nitrogens is 2. The quantitative estimate of drug-likeness (QED) is 0.716. The van der Waals surface area contributed by atoms with E-state index in [1.165, 1.54) is 0 Å². The van der Waals surface area contributed by atoms with Gasteiger partial charge in [0, 0.05) is 0 Å². The third kappa shape index (κ3) is 0.973. The highest BCUT2D eigenvalue weighted by Crippen LogP contribution is 2.10. The number of para-hydroxylation sites is 2. The number of hydrogen-bond acceptors (Lipinski definition) is 1. The van der Waals surface area contributed by atoms with Gasteiger partial charge < -0.3 is 4.98 Å². The molecule has 2 rings (SSSR count). The fourth-order valence-electron chi connectivity index (χ4n) is 1.02. The third-order valence-corrected chi connectivity index (χ3v) is 2.49. The highest BCUT2D eigenvalue weighted by molar-refractivity contribution is 14.1. The summed E-state index contributed by atoms with van der Waals surface area (Å²) in [5.41, 5.74) is 1.73. The van der Waals surface area contributed by atoms with Gasteiger partial charge in [-0.05, 0) is 12.1 Å². The van der Waals surface area contributed by atoms with Crippen molar-refractivity contribution in [3.05, 3.63) is 34.7 Å². The van der Waals surface area contributed by atoms with Crippen molar-refractivity contribution in [1.29, 1.82) is 0 Å². The Hall–Kier alpha value is -0.780. The Morgan fingerprint density at radius 1 is 1.36 bits per heavy atom. The third-order valence-electron chi connectivity index (χ3n) is 1.54. The van der Waals surface area contributed by atoms with Crippen LogP contribution in [0.1, 0.15) is 0 Å². The molecule has 0 saturated carbocycles. The van der Waals surface area contributed by atoms with Crippen LogP contribution in [0.25, 0.3) is 11.0 Å². The normalized spacial score (nSPS) is 10.6. The average molecular weight is 260 g/mol. The van der Waals surface area contributed by atoms with Gasteiger partial charge in [0.2, 0.25) is 0 Å². The summed E-state index contributed by atoms with van der Waals surface area (Å²) in [6.07, 6.45) is 0. The Balaban J connectivity index is 3.04. The van der Waals surface area contributed by atoms with Crippen LogP contribution in [0.4, 0.5) is 0 Å². The predicted octanol–water partition coefficient (Wildman–Crippen LogP) is 1.53. The number of H-pyrrole nitrogens is 1. The van der Waals surface area contributed by atoms with Gasteiger partial charge in [-0.15, -0.1) is 0 Å². The summed E-state index contributed by atoms with van der Waals surface area (Å²) in [6, 6.07) is 7.59. The Kier molecular flexibility index (Phi) is 1.49. The number of halogens is 1. The van der Waals surface area contributed by atoms with Crippen LogP contribution in [-0.2, 0) is 0 Å². The van der Waals surface area contributed by atoms with Crippen LogP contribution >= 0.6 is 22.9 Å². The van der Waals surface area contributed by atoms with Crippen LogP contribution in [-0.4, -0.2) is 7.76 Å². The van der Waals surface area contributed by atoms with E-state index in [4.69, 9.17) is 0 Å². The summed E-state index contributed by atoms with van der Waals surface area (Å²) in [6.45, 7) is 0. The number of rotatable bonds is 0. The molecule has 56 valence electrons. The van der Waals surface area contributed by atoms with Crippen LogP contribution < -0.4 is 5.69 Å². The minimum Gasteiger partial charge on any atom is -0.305 e. The standard InChI is InChI=1S/C7H5IN2O/c8-10-6-4-2-1-3-5(6)9-7(10)11/h1-4H,(H,9,11). The molecular formula is C7H5IN2O. The van der Waals surface area contributed by atoms with Crippen LogP contribution in [0.3, 0.4) is 0 Å². The monoisotopic (exact) mass is 260 g/mol.